The molecule has 14 aromatic rings. The van der Waals surface area contributed by atoms with Gasteiger partial charge >= 0.3 is 0 Å². The van der Waals surface area contributed by atoms with Crippen LogP contribution in [0.1, 0.15) is 44.5 Å². The second kappa shape index (κ2) is 19.1. The lowest BCUT2D eigenvalue weighted by molar-refractivity contribution is 0.768. The molecule has 0 radical (unpaired) electrons. The first-order valence-corrected chi connectivity index (χ1v) is 28.5. The summed E-state index contributed by atoms with van der Waals surface area (Å²) in [7, 11) is 0. The summed E-state index contributed by atoms with van der Waals surface area (Å²) in [6.45, 7) is 0. The maximum absolute atomic E-state index is 2.50. The fourth-order valence-corrected chi connectivity index (χ4v) is 14.3. The van der Waals surface area contributed by atoms with Gasteiger partial charge in [0.2, 0.25) is 0 Å². The summed E-state index contributed by atoms with van der Waals surface area (Å²) in [5, 5.41) is 2.43. The Morgan fingerprint density at radius 1 is 0.256 bits per heavy atom. The van der Waals surface area contributed by atoms with Crippen molar-refractivity contribution in [2.24, 2.45) is 0 Å². The second-order valence-electron chi connectivity index (χ2n) is 21.9. The lowest BCUT2D eigenvalue weighted by Crippen LogP contribution is -2.28. The summed E-state index contributed by atoms with van der Waals surface area (Å²) in [5.41, 5.74) is 25.7. The van der Waals surface area contributed by atoms with Crippen LogP contribution in [0, 0.1) is 0 Å². The molecule has 13 aromatic carbocycles. The molecule has 384 valence electrons. The SMILES string of the molecule is c1ccc(-c2ccc(N(c3ccc(-c4ccc5c(c4)c4cc(C6(c7ccccc7)c7ccccc7-c7ccccc76)ccc4n5-c4ccccc4)cc3)c3cccc4c3-c3ccccc3C4(c3ccccc3)c3ccccc3)cc2)cc1. The molecule has 0 atom stereocenters. The lowest BCUT2D eigenvalue weighted by Gasteiger charge is -2.34. The number of para-hydroxylation sites is 1. The zero-order chi connectivity index (χ0) is 54.2. The van der Waals surface area contributed by atoms with E-state index in [1.54, 1.807) is 0 Å². The van der Waals surface area contributed by atoms with Gasteiger partial charge in [0, 0.05) is 33.4 Å². The van der Waals surface area contributed by atoms with Crippen LogP contribution < -0.4 is 4.90 Å². The molecule has 0 unspecified atom stereocenters. The van der Waals surface area contributed by atoms with E-state index in [2.05, 4.69) is 337 Å². The van der Waals surface area contributed by atoms with E-state index in [-0.39, 0.29) is 0 Å². The Morgan fingerprint density at radius 2 is 0.646 bits per heavy atom. The molecule has 2 aliphatic rings. The number of hydrogen-bond acceptors (Lipinski definition) is 1. The van der Waals surface area contributed by atoms with Gasteiger partial charge in [-0.25, -0.2) is 0 Å². The van der Waals surface area contributed by atoms with Crippen molar-refractivity contribution in [2.75, 3.05) is 4.90 Å². The van der Waals surface area contributed by atoms with Gasteiger partial charge < -0.3 is 9.47 Å². The summed E-state index contributed by atoms with van der Waals surface area (Å²) in [6, 6.07) is 121. The Balaban J connectivity index is 0.876. The van der Waals surface area contributed by atoms with E-state index in [9.17, 15) is 0 Å². The van der Waals surface area contributed by atoms with Gasteiger partial charge in [0.05, 0.1) is 27.6 Å². The molecule has 0 aliphatic heterocycles. The van der Waals surface area contributed by atoms with Gasteiger partial charge in [-0.3, -0.25) is 0 Å². The highest BCUT2D eigenvalue weighted by atomic mass is 15.1. The molecule has 82 heavy (non-hydrogen) atoms. The maximum Gasteiger partial charge on any atom is 0.0714 e. The number of anilines is 3. The fourth-order valence-electron chi connectivity index (χ4n) is 14.3. The van der Waals surface area contributed by atoms with Crippen molar-refractivity contribution in [2.45, 2.75) is 10.8 Å². The quantitative estimate of drug-likeness (QED) is 0.133. The van der Waals surface area contributed by atoms with Gasteiger partial charge in [0.15, 0.2) is 0 Å². The number of hydrogen-bond donors (Lipinski definition) is 0. The van der Waals surface area contributed by atoms with Gasteiger partial charge in [0.25, 0.3) is 0 Å². The summed E-state index contributed by atoms with van der Waals surface area (Å²) >= 11 is 0. The molecule has 0 fully saturated rings. The number of aromatic nitrogens is 1. The van der Waals surface area contributed by atoms with Gasteiger partial charge in [-0.05, 0) is 150 Å². The predicted octanol–water partition coefficient (Wildman–Crippen LogP) is 20.3. The van der Waals surface area contributed by atoms with Crippen molar-refractivity contribution >= 4 is 38.9 Å². The lowest BCUT2D eigenvalue weighted by atomic mass is 9.67. The van der Waals surface area contributed by atoms with E-state index in [4.69, 9.17) is 0 Å². The highest BCUT2D eigenvalue weighted by Gasteiger charge is 2.48. The van der Waals surface area contributed by atoms with Crippen molar-refractivity contribution in [1.82, 2.24) is 4.57 Å². The fraction of sp³-hybridized carbons (Fsp3) is 0.0250. The van der Waals surface area contributed by atoms with Crippen LogP contribution in [-0.4, -0.2) is 4.57 Å². The Morgan fingerprint density at radius 3 is 1.20 bits per heavy atom. The molecule has 0 bridgehead atoms. The average molecular weight is 1040 g/mol. The molecule has 0 N–H and O–H groups in total. The molecular formula is C80H54N2. The molecule has 2 heteroatoms. The minimum absolute atomic E-state index is 0.517. The number of benzene rings is 13. The Bertz CT molecular complexity index is 4610. The second-order valence-corrected chi connectivity index (χ2v) is 21.9. The zero-order valence-electron chi connectivity index (χ0n) is 45.1. The first kappa shape index (κ1) is 47.5. The zero-order valence-corrected chi connectivity index (χ0v) is 45.1. The third-order valence-electron chi connectivity index (χ3n) is 17.8. The van der Waals surface area contributed by atoms with Crippen molar-refractivity contribution in [1.29, 1.82) is 0 Å². The standard InChI is InChI=1S/C80H54N2/c1-6-23-55(24-7-1)56-41-47-64(48-42-56)81(77-40-22-39-74-78(77)68-35-18-21-38-73(68)79(74,59-25-8-2-9-26-59)60-27-10-3-11-28-60)65-49-43-57(44-50-65)58-45-51-75-69(53-58)70-54-62(46-52-76(70)82(75)63-31-14-5-15-32-63)80(61-29-12-4-13-30-61)71-36-19-16-33-66(71)67-34-17-20-37-72(67)80/h1-54H. The molecule has 0 saturated heterocycles. The smallest absolute Gasteiger partial charge is 0.0714 e. The normalized spacial score (nSPS) is 13.3. The van der Waals surface area contributed by atoms with Crippen LogP contribution >= 0.6 is 0 Å². The Hall–Kier alpha value is -10.5. The highest BCUT2D eigenvalue weighted by molar-refractivity contribution is 6.11. The molecule has 2 aliphatic carbocycles. The third-order valence-corrected chi connectivity index (χ3v) is 17.8. The molecule has 0 saturated carbocycles. The minimum Gasteiger partial charge on any atom is -0.310 e. The summed E-state index contributed by atoms with van der Waals surface area (Å²) in [6.07, 6.45) is 0. The third kappa shape index (κ3) is 7.08. The topological polar surface area (TPSA) is 8.17 Å². The highest BCUT2D eigenvalue weighted by Crippen LogP contribution is 2.60. The largest absolute Gasteiger partial charge is 0.310 e. The van der Waals surface area contributed by atoms with Crippen LogP contribution in [-0.2, 0) is 10.8 Å². The predicted molar refractivity (Wildman–Crippen MR) is 341 cm³/mol. The first-order chi connectivity index (χ1) is 40.7. The number of rotatable bonds is 10. The minimum atomic E-state index is -0.533. The molecular weight excluding hydrogens is 989 g/mol. The summed E-state index contributed by atoms with van der Waals surface area (Å²) in [5.74, 6) is 0. The van der Waals surface area contributed by atoms with Crippen LogP contribution in [0.4, 0.5) is 17.1 Å². The molecule has 2 nitrogen and oxygen atoms in total. The van der Waals surface area contributed by atoms with Gasteiger partial charge in [-0.2, -0.15) is 0 Å². The van der Waals surface area contributed by atoms with E-state index in [1.165, 1.54) is 99.7 Å². The summed E-state index contributed by atoms with van der Waals surface area (Å²) < 4.78 is 2.44. The van der Waals surface area contributed by atoms with Crippen molar-refractivity contribution in [3.05, 3.63) is 372 Å². The van der Waals surface area contributed by atoms with Gasteiger partial charge in [-0.15, -0.1) is 0 Å². The van der Waals surface area contributed by atoms with Crippen molar-refractivity contribution in [3.63, 3.8) is 0 Å². The Kier molecular flexibility index (Phi) is 11.0. The van der Waals surface area contributed by atoms with E-state index < -0.39 is 10.8 Å². The molecule has 0 amide bonds. The molecule has 16 rings (SSSR count). The van der Waals surface area contributed by atoms with Crippen molar-refractivity contribution < 1.29 is 0 Å². The molecule has 0 spiro atoms. The van der Waals surface area contributed by atoms with Crippen LogP contribution in [0.5, 0.6) is 0 Å². The molecule has 1 aromatic heterocycles. The monoisotopic (exact) mass is 1040 g/mol. The van der Waals surface area contributed by atoms with E-state index in [0.29, 0.717) is 0 Å². The Labute approximate surface area is 478 Å². The van der Waals surface area contributed by atoms with E-state index in [0.717, 1.165) is 33.9 Å². The average Bonchev–Trinajstić information content (AvgIpc) is 2.57. The molecule has 1 heterocycles. The van der Waals surface area contributed by atoms with Gasteiger partial charge in [0.1, 0.15) is 0 Å². The van der Waals surface area contributed by atoms with Gasteiger partial charge in [-0.1, -0.05) is 261 Å². The first-order valence-electron chi connectivity index (χ1n) is 28.5. The summed E-state index contributed by atoms with van der Waals surface area (Å²) in [4.78, 5) is 2.47. The van der Waals surface area contributed by atoms with Crippen molar-refractivity contribution in [3.8, 4) is 50.2 Å². The van der Waals surface area contributed by atoms with E-state index in [1.807, 2.05) is 0 Å². The van der Waals surface area contributed by atoms with Crippen LogP contribution in [0.15, 0.2) is 328 Å². The van der Waals surface area contributed by atoms with Crippen LogP contribution in [0.2, 0.25) is 0 Å². The van der Waals surface area contributed by atoms with Crippen LogP contribution in [0.25, 0.3) is 72.0 Å². The van der Waals surface area contributed by atoms with E-state index >= 15 is 0 Å². The maximum atomic E-state index is 2.50. The van der Waals surface area contributed by atoms with Crippen LogP contribution in [0.3, 0.4) is 0 Å². The number of nitrogens with zero attached hydrogens (tertiary/aromatic N) is 2. The number of fused-ring (bicyclic) bond motifs is 9.